The van der Waals surface area contributed by atoms with Gasteiger partial charge >= 0.3 is 0 Å². The van der Waals surface area contributed by atoms with Crippen LogP contribution in [0.2, 0.25) is 0 Å². The SMILES string of the molecule is Cc1ccc(OC2CCC(=O)NC2=O)cc1F. The highest BCUT2D eigenvalue weighted by Gasteiger charge is 2.28. The highest BCUT2D eigenvalue weighted by molar-refractivity contribution is 5.99. The molecule has 1 unspecified atom stereocenters. The van der Waals surface area contributed by atoms with E-state index >= 15 is 0 Å². The molecule has 90 valence electrons. The van der Waals surface area contributed by atoms with Gasteiger partial charge in [0.1, 0.15) is 11.6 Å². The van der Waals surface area contributed by atoms with Crippen LogP contribution in [0.5, 0.6) is 5.75 Å². The Bertz CT molecular complexity index is 473. The van der Waals surface area contributed by atoms with E-state index in [-0.39, 0.29) is 18.1 Å². The molecule has 1 fully saturated rings. The van der Waals surface area contributed by atoms with E-state index in [1.165, 1.54) is 6.07 Å². The number of ether oxygens (including phenoxy) is 1. The van der Waals surface area contributed by atoms with E-state index < -0.39 is 12.0 Å². The van der Waals surface area contributed by atoms with Crippen molar-refractivity contribution in [3.8, 4) is 5.75 Å². The Hall–Kier alpha value is -1.91. The van der Waals surface area contributed by atoms with Crippen molar-refractivity contribution in [1.82, 2.24) is 5.32 Å². The molecule has 1 aliphatic rings. The molecule has 1 aliphatic heterocycles. The molecule has 1 heterocycles. The topological polar surface area (TPSA) is 55.4 Å². The molecule has 1 N–H and O–H groups in total. The first-order valence-electron chi connectivity index (χ1n) is 5.33. The van der Waals surface area contributed by atoms with Gasteiger partial charge < -0.3 is 4.74 Å². The molecular weight excluding hydrogens is 225 g/mol. The Morgan fingerprint density at radius 2 is 2.18 bits per heavy atom. The summed E-state index contributed by atoms with van der Waals surface area (Å²) in [6.07, 6.45) is -0.167. The lowest BCUT2D eigenvalue weighted by atomic mass is 10.1. The third-order valence-corrected chi connectivity index (χ3v) is 2.61. The lowest BCUT2D eigenvalue weighted by molar-refractivity contribution is -0.138. The van der Waals surface area contributed by atoms with Crippen LogP contribution in [0.4, 0.5) is 4.39 Å². The highest BCUT2D eigenvalue weighted by atomic mass is 19.1. The Morgan fingerprint density at radius 3 is 2.82 bits per heavy atom. The maximum Gasteiger partial charge on any atom is 0.267 e. The van der Waals surface area contributed by atoms with Gasteiger partial charge in [-0.05, 0) is 18.6 Å². The van der Waals surface area contributed by atoms with Gasteiger partial charge in [0.15, 0.2) is 6.10 Å². The molecule has 0 radical (unpaired) electrons. The Balaban J connectivity index is 2.08. The van der Waals surface area contributed by atoms with Crippen LogP contribution < -0.4 is 10.1 Å². The van der Waals surface area contributed by atoms with E-state index in [1.54, 1.807) is 19.1 Å². The second-order valence-corrected chi connectivity index (χ2v) is 3.97. The zero-order valence-corrected chi connectivity index (χ0v) is 9.33. The maximum atomic E-state index is 13.3. The van der Waals surface area contributed by atoms with Gasteiger partial charge in [-0.3, -0.25) is 14.9 Å². The number of imide groups is 1. The maximum absolute atomic E-state index is 13.3. The summed E-state index contributed by atoms with van der Waals surface area (Å²) >= 11 is 0. The Kier molecular flexibility index (Phi) is 3.08. The van der Waals surface area contributed by atoms with Crippen molar-refractivity contribution >= 4 is 11.8 Å². The lowest BCUT2D eigenvalue weighted by Crippen LogP contribution is -2.46. The average molecular weight is 237 g/mol. The molecule has 0 bridgehead atoms. The van der Waals surface area contributed by atoms with Crippen LogP contribution in [0.15, 0.2) is 18.2 Å². The molecule has 4 nitrogen and oxygen atoms in total. The largest absolute Gasteiger partial charge is 0.480 e. The summed E-state index contributed by atoms with van der Waals surface area (Å²) in [5.74, 6) is -0.857. The highest BCUT2D eigenvalue weighted by Crippen LogP contribution is 2.19. The van der Waals surface area contributed by atoms with E-state index in [0.29, 0.717) is 17.7 Å². The van der Waals surface area contributed by atoms with E-state index in [0.717, 1.165) is 0 Å². The summed E-state index contributed by atoms with van der Waals surface area (Å²) in [6.45, 7) is 1.64. The number of amides is 2. The van der Waals surface area contributed by atoms with Gasteiger partial charge in [-0.1, -0.05) is 6.07 Å². The first-order chi connectivity index (χ1) is 8.06. The fourth-order valence-electron chi connectivity index (χ4n) is 1.60. The van der Waals surface area contributed by atoms with Gasteiger partial charge in [-0.15, -0.1) is 0 Å². The summed E-state index contributed by atoms with van der Waals surface area (Å²) in [5, 5.41) is 2.18. The molecule has 2 amide bonds. The van der Waals surface area contributed by atoms with Crippen molar-refractivity contribution in [2.24, 2.45) is 0 Å². The molecule has 1 saturated heterocycles. The Morgan fingerprint density at radius 1 is 1.41 bits per heavy atom. The van der Waals surface area contributed by atoms with E-state index in [9.17, 15) is 14.0 Å². The number of rotatable bonds is 2. The van der Waals surface area contributed by atoms with E-state index in [1.807, 2.05) is 0 Å². The van der Waals surface area contributed by atoms with Crippen LogP contribution in [0.3, 0.4) is 0 Å². The second kappa shape index (κ2) is 4.53. The third-order valence-electron chi connectivity index (χ3n) is 2.61. The van der Waals surface area contributed by atoms with E-state index in [2.05, 4.69) is 5.32 Å². The molecule has 0 saturated carbocycles. The number of carbonyl (C=O) groups excluding carboxylic acids is 2. The third kappa shape index (κ3) is 2.61. The predicted octanol–water partition coefficient (Wildman–Crippen LogP) is 1.32. The molecule has 0 aromatic heterocycles. The molecule has 17 heavy (non-hydrogen) atoms. The van der Waals surface area contributed by atoms with E-state index in [4.69, 9.17) is 4.74 Å². The first-order valence-corrected chi connectivity index (χ1v) is 5.33. The number of benzene rings is 1. The molecule has 0 aliphatic carbocycles. The van der Waals surface area contributed by atoms with Gasteiger partial charge in [0.05, 0.1) is 0 Å². The summed E-state index contributed by atoms with van der Waals surface area (Å²) in [6, 6.07) is 4.41. The number of hydrogen-bond acceptors (Lipinski definition) is 3. The number of hydrogen-bond donors (Lipinski definition) is 1. The van der Waals surface area contributed by atoms with Gasteiger partial charge in [0.2, 0.25) is 5.91 Å². The summed E-state index contributed by atoms with van der Waals surface area (Å²) in [4.78, 5) is 22.3. The fraction of sp³-hybridized carbons (Fsp3) is 0.333. The van der Waals surface area contributed by atoms with Gasteiger partial charge in [0, 0.05) is 18.9 Å². The van der Waals surface area contributed by atoms with Crippen LogP contribution in [-0.4, -0.2) is 17.9 Å². The van der Waals surface area contributed by atoms with Crippen LogP contribution in [0.25, 0.3) is 0 Å². The molecule has 5 heteroatoms. The minimum atomic E-state index is -0.727. The van der Waals surface area contributed by atoms with Gasteiger partial charge in [-0.25, -0.2) is 4.39 Å². The van der Waals surface area contributed by atoms with Crippen LogP contribution in [-0.2, 0) is 9.59 Å². The average Bonchev–Trinajstić information content (AvgIpc) is 2.27. The van der Waals surface area contributed by atoms with Gasteiger partial charge in [0.25, 0.3) is 5.91 Å². The minimum absolute atomic E-state index is 0.241. The number of piperidine rings is 1. The standard InChI is InChI=1S/C12H12FNO3/c1-7-2-3-8(6-9(7)13)17-10-4-5-11(15)14-12(10)16/h2-3,6,10H,4-5H2,1H3,(H,14,15,16). The van der Waals surface area contributed by atoms with Crippen molar-refractivity contribution in [1.29, 1.82) is 0 Å². The minimum Gasteiger partial charge on any atom is -0.480 e. The normalized spacial score (nSPS) is 20.0. The monoisotopic (exact) mass is 237 g/mol. The number of nitrogens with one attached hydrogen (secondary N) is 1. The van der Waals surface area contributed by atoms with Crippen molar-refractivity contribution in [2.75, 3.05) is 0 Å². The van der Waals surface area contributed by atoms with Crippen molar-refractivity contribution in [3.05, 3.63) is 29.6 Å². The number of carbonyl (C=O) groups is 2. The van der Waals surface area contributed by atoms with Crippen molar-refractivity contribution < 1.29 is 18.7 Å². The lowest BCUT2D eigenvalue weighted by Gasteiger charge is -2.22. The Labute approximate surface area is 97.8 Å². The summed E-state index contributed by atoms with van der Waals surface area (Å²) < 4.78 is 18.6. The number of aryl methyl sites for hydroxylation is 1. The summed E-state index contributed by atoms with van der Waals surface area (Å²) in [7, 11) is 0. The number of halogens is 1. The van der Waals surface area contributed by atoms with Gasteiger partial charge in [-0.2, -0.15) is 0 Å². The fourth-order valence-corrected chi connectivity index (χ4v) is 1.60. The molecule has 1 aromatic rings. The van der Waals surface area contributed by atoms with Crippen LogP contribution >= 0.6 is 0 Å². The van der Waals surface area contributed by atoms with Crippen LogP contribution in [0, 0.1) is 12.7 Å². The molecular formula is C12H12FNO3. The van der Waals surface area contributed by atoms with Crippen LogP contribution in [0.1, 0.15) is 18.4 Å². The molecule has 1 aromatic carbocycles. The molecule has 2 rings (SSSR count). The molecule has 1 atom stereocenters. The zero-order chi connectivity index (χ0) is 12.4. The molecule has 0 spiro atoms. The second-order valence-electron chi connectivity index (χ2n) is 3.97. The van der Waals surface area contributed by atoms with Crippen molar-refractivity contribution in [2.45, 2.75) is 25.9 Å². The quantitative estimate of drug-likeness (QED) is 0.789. The predicted molar refractivity (Wildman–Crippen MR) is 57.9 cm³/mol. The smallest absolute Gasteiger partial charge is 0.267 e. The summed E-state index contributed by atoms with van der Waals surface area (Å²) in [5.41, 5.74) is 0.514. The zero-order valence-electron chi connectivity index (χ0n) is 9.33. The first kappa shape index (κ1) is 11.6. The van der Waals surface area contributed by atoms with Crippen molar-refractivity contribution in [3.63, 3.8) is 0 Å².